The molecule has 0 amide bonds. The van der Waals surface area contributed by atoms with E-state index in [0.29, 0.717) is 12.8 Å². The lowest BCUT2D eigenvalue weighted by atomic mass is 10.1. The molecule has 0 saturated heterocycles. The number of rotatable bonds is 12. The number of sulfonamides is 2. The number of hydrogen-bond acceptors (Lipinski definition) is 6. The molecule has 0 aromatic carbocycles. The van der Waals surface area contributed by atoms with Crippen LogP contribution in [-0.2, 0) is 26.5 Å². The molecule has 0 saturated carbocycles. The van der Waals surface area contributed by atoms with Gasteiger partial charge in [-0.2, -0.15) is 0 Å². The molecule has 1 aromatic rings. The van der Waals surface area contributed by atoms with E-state index in [-0.39, 0.29) is 41.5 Å². The van der Waals surface area contributed by atoms with Gasteiger partial charge in [0.05, 0.1) is 5.75 Å². The van der Waals surface area contributed by atoms with Gasteiger partial charge in [-0.1, -0.05) is 19.8 Å². The maximum atomic E-state index is 12.4. The summed E-state index contributed by atoms with van der Waals surface area (Å²) >= 11 is 1.15. The van der Waals surface area contributed by atoms with Gasteiger partial charge in [-0.05, 0) is 31.9 Å². The largest absolute Gasteiger partial charge is 0.329 e. The second-order valence-electron chi connectivity index (χ2n) is 5.46. The summed E-state index contributed by atoms with van der Waals surface area (Å²) in [6.45, 7) is 4.12. The molecule has 1 atom stereocenters. The molecule has 0 bridgehead atoms. The first kappa shape index (κ1) is 24.8. The topological polar surface area (TPSA) is 118 Å². The van der Waals surface area contributed by atoms with Crippen molar-refractivity contribution in [2.24, 2.45) is 5.73 Å². The van der Waals surface area contributed by atoms with Gasteiger partial charge < -0.3 is 5.73 Å². The monoisotopic (exact) mass is 433 g/mol. The summed E-state index contributed by atoms with van der Waals surface area (Å²) in [7, 11) is -6.82. The van der Waals surface area contributed by atoms with Crippen molar-refractivity contribution in [3.8, 4) is 0 Å². The fourth-order valence-electron chi connectivity index (χ4n) is 2.02. The van der Waals surface area contributed by atoms with Crippen LogP contribution in [0.15, 0.2) is 16.3 Å². The Hall–Kier alpha value is -0.230. The highest BCUT2D eigenvalue weighted by Gasteiger charge is 2.21. The molecule has 0 radical (unpaired) electrons. The zero-order chi connectivity index (χ0) is 18.2. The predicted molar refractivity (Wildman–Crippen MR) is 105 cm³/mol. The molecule has 1 rings (SSSR count). The Balaban J connectivity index is 0.00000576. The minimum atomic E-state index is -3.59. The summed E-state index contributed by atoms with van der Waals surface area (Å²) in [4.78, 5) is 0.812. The molecule has 0 aliphatic heterocycles. The van der Waals surface area contributed by atoms with Crippen LogP contribution in [0.3, 0.4) is 0 Å². The van der Waals surface area contributed by atoms with Crippen molar-refractivity contribution in [1.29, 1.82) is 0 Å². The summed E-state index contributed by atoms with van der Waals surface area (Å²) in [6, 6.07) is 2.99. The molecule has 1 aromatic heterocycles. The minimum Gasteiger partial charge on any atom is -0.329 e. The lowest BCUT2D eigenvalue weighted by molar-refractivity contribution is 0.517. The predicted octanol–water partition coefficient (Wildman–Crippen LogP) is 1.45. The molecular weight excluding hydrogens is 406 g/mol. The normalized spacial score (nSPS) is 13.4. The van der Waals surface area contributed by atoms with E-state index in [1.54, 1.807) is 19.1 Å². The summed E-state index contributed by atoms with van der Waals surface area (Å²) in [5.41, 5.74) is 5.63. The van der Waals surface area contributed by atoms with E-state index in [2.05, 4.69) is 9.44 Å². The molecule has 25 heavy (non-hydrogen) atoms. The summed E-state index contributed by atoms with van der Waals surface area (Å²) in [5, 5.41) is 0. The van der Waals surface area contributed by atoms with Crippen molar-refractivity contribution in [3.05, 3.63) is 17.0 Å². The number of thiophene rings is 1. The van der Waals surface area contributed by atoms with Crippen molar-refractivity contribution < 1.29 is 16.8 Å². The van der Waals surface area contributed by atoms with Crippen LogP contribution in [0, 0.1) is 0 Å². The molecule has 0 fully saturated rings. The van der Waals surface area contributed by atoms with E-state index in [4.69, 9.17) is 5.73 Å². The van der Waals surface area contributed by atoms with E-state index in [0.717, 1.165) is 29.1 Å². The lowest BCUT2D eigenvalue weighted by Gasteiger charge is -2.15. The van der Waals surface area contributed by atoms with E-state index in [9.17, 15) is 16.8 Å². The van der Waals surface area contributed by atoms with E-state index < -0.39 is 20.0 Å². The average Bonchev–Trinajstić information content (AvgIpc) is 3.01. The van der Waals surface area contributed by atoms with Gasteiger partial charge in [0.25, 0.3) is 0 Å². The molecule has 0 aliphatic carbocycles. The maximum Gasteiger partial charge on any atom is 0.250 e. The fraction of sp³-hybridized carbons (Fsp3) is 0.714. The third-order valence-corrected chi connectivity index (χ3v) is 8.05. The van der Waals surface area contributed by atoms with E-state index in [1.165, 1.54) is 0 Å². The van der Waals surface area contributed by atoms with Gasteiger partial charge in [0.2, 0.25) is 20.0 Å². The first-order chi connectivity index (χ1) is 11.2. The molecule has 4 N–H and O–H groups in total. The summed E-state index contributed by atoms with van der Waals surface area (Å²) in [6.07, 6.45) is 3.06. The quantitative estimate of drug-likeness (QED) is 0.461. The van der Waals surface area contributed by atoms with E-state index in [1.807, 2.05) is 6.92 Å². The number of halogens is 1. The minimum absolute atomic E-state index is 0. The zero-order valence-electron chi connectivity index (χ0n) is 14.5. The standard InChI is InChI=1S/C14H27N3O4S3.ClH/c1-3-5-6-12(11-15)17-24(20,21)14-8-7-13(22-14)9-10-16-23(18,19)4-2;/h7-8,12,16-17H,3-6,9-11,15H2,1-2H3;1H. The fourth-order valence-corrected chi connectivity index (χ4v) is 5.29. The molecular formula is C14H28ClN3O4S3. The molecule has 1 unspecified atom stereocenters. The van der Waals surface area contributed by atoms with Crippen molar-refractivity contribution >= 4 is 43.8 Å². The second kappa shape index (κ2) is 11.5. The van der Waals surface area contributed by atoms with Crippen molar-refractivity contribution in [2.45, 2.75) is 49.8 Å². The van der Waals surface area contributed by atoms with Gasteiger partial charge in [0, 0.05) is 24.0 Å². The van der Waals surface area contributed by atoms with Crippen molar-refractivity contribution in [1.82, 2.24) is 9.44 Å². The molecule has 0 spiro atoms. The van der Waals surface area contributed by atoms with Gasteiger partial charge in [-0.15, -0.1) is 23.7 Å². The first-order valence-corrected chi connectivity index (χ1v) is 12.0. The highest BCUT2D eigenvalue weighted by molar-refractivity contribution is 7.91. The Kier molecular flexibility index (Phi) is 11.4. The van der Waals surface area contributed by atoms with Crippen LogP contribution in [0.25, 0.3) is 0 Å². The van der Waals surface area contributed by atoms with Crippen LogP contribution in [0.4, 0.5) is 0 Å². The van der Waals surface area contributed by atoms with Crippen molar-refractivity contribution in [3.63, 3.8) is 0 Å². The third-order valence-electron chi connectivity index (χ3n) is 3.49. The highest BCUT2D eigenvalue weighted by atomic mass is 35.5. The summed E-state index contributed by atoms with van der Waals surface area (Å²) in [5.74, 6) is 0.0270. The molecule has 1 heterocycles. The van der Waals surface area contributed by atoms with Crippen LogP contribution < -0.4 is 15.2 Å². The molecule has 0 aliphatic rings. The van der Waals surface area contributed by atoms with Gasteiger partial charge >= 0.3 is 0 Å². The van der Waals surface area contributed by atoms with E-state index >= 15 is 0 Å². The zero-order valence-corrected chi connectivity index (χ0v) is 17.8. The maximum absolute atomic E-state index is 12.4. The number of nitrogens with two attached hydrogens (primary N) is 1. The van der Waals surface area contributed by atoms with Gasteiger partial charge in [-0.3, -0.25) is 0 Å². The van der Waals surface area contributed by atoms with Crippen LogP contribution in [0.5, 0.6) is 0 Å². The third kappa shape index (κ3) is 8.80. The van der Waals surface area contributed by atoms with Crippen molar-refractivity contribution in [2.75, 3.05) is 18.8 Å². The first-order valence-electron chi connectivity index (χ1n) is 8.02. The SMILES string of the molecule is CCCCC(CN)NS(=O)(=O)c1ccc(CCNS(=O)(=O)CC)s1.Cl. The Labute approximate surface area is 161 Å². The Morgan fingerprint density at radius 2 is 1.88 bits per heavy atom. The second-order valence-corrected chi connectivity index (χ2v) is 10.7. The Morgan fingerprint density at radius 1 is 1.20 bits per heavy atom. The highest BCUT2D eigenvalue weighted by Crippen LogP contribution is 2.22. The van der Waals surface area contributed by atoms with Gasteiger partial charge in [0.15, 0.2) is 0 Å². The lowest BCUT2D eigenvalue weighted by Crippen LogP contribution is -2.39. The Morgan fingerprint density at radius 3 is 2.44 bits per heavy atom. The smallest absolute Gasteiger partial charge is 0.250 e. The number of hydrogen-bond donors (Lipinski definition) is 3. The van der Waals surface area contributed by atoms with Crippen LogP contribution in [-0.4, -0.2) is 41.7 Å². The average molecular weight is 434 g/mol. The molecule has 7 nitrogen and oxygen atoms in total. The van der Waals surface area contributed by atoms with Crippen LogP contribution in [0.1, 0.15) is 38.0 Å². The summed E-state index contributed by atoms with van der Waals surface area (Å²) < 4.78 is 52.9. The molecule has 148 valence electrons. The van der Waals surface area contributed by atoms with Crippen LogP contribution in [0.2, 0.25) is 0 Å². The van der Waals surface area contributed by atoms with Crippen LogP contribution >= 0.6 is 23.7 Å². The molecule has 11 heteroatoms. The number of unbranched alkanes of at least 4 members (excludes halogenated alkanes) is 1. The van der Waals surface area contributed by atoms with Gasteiger partial charge in [-0.25, -0.2) is 26.3 Å². The Bertz CT molecular complexity index is 705. The number of nitrogens with one attached hydrogen (secondary N) is 2. The van der Waals surface area contributed by atoms with Gasteiger partial charge in [0.1, 0.15) is 4.21 Å².